The molecule has 1 saturated heterocycles. The number of aromatic nitrogens is 2. The monoisotopic (exact) mass is 320 g/mol. The number of nitrogens with two attached hydrogens (primary N) is 1. The SMILES string of the molecule is Cc1ccn2c(CN3CCCCC3)c(-c3cccc(N)c3)nc2c1. The minimum atomic E-state index is 0.782. The lowest BCUT2D eigenvalue weighted by Gasteiger charge is -2.26. The standard InChI is InChI=1S/C20H24N4/c1-15-8-11-24-18(14-23-9-3-2-4-10-23)20(22-19(24)12-15)16-6-5-7-17(21)13-16/h5-8,11-13H,2-4,9-10,14,21H2,1H3. The van der Waals surface area contributed by atoms with Gasteiger partial charge in [0.05, 0.1) is 11.4 Å². The van der Waals surface area contributed by atoms with Crippen LogP contribution in [0, 0.1) is 6.92 Å². The van der Waals surface area contributed by atoms with Gasteiger partial charge in [0.25, 0.3) is 0 Å². The van der Waals surface area contributed by atoms with E-state index < -0.39 is 0 Å². The average Bonchev–Trinajstić information content (AvgIpc) is 2.93. The van der Waals surface area contributed by atoms with Crippen LogP contribution in [0.5, 0.6) is 0 Å². The highest BCUT2D eigenvalue weighted by molar-refractivity contribution is 5.69. The number of nitrogens with zero attached hydrogens (tertiary/aromatic N) is 3. The zero-order chi connectivity index (χ0) is 16.5. The van der Waals surface area contributed by atoms with Gasteiger partial charge in [-0.05, 0) is 62.7 Å². The maximum Gasteiger partial charge on any atom is 0.137 e. The first-order chi connectivity index (χ1) is 11.7. The van der Waals surface area contributed by atoms with Crippen molar-refractivity contribution in [1.82, 2.24) is 14.3 Å². The lowest BCUT2D eigenvalue weighted by Crippen LogP contribution is -2.29. The summed E-state index contributed by atoms with van der Waals surface area (Å²) >= 11 is 0. The van der Waals surface area contributed by atoms with Crippen LogP contribution in [0.15, 0.2) is 42.6 Å². The molecule has 0 amide bonds. The average molecular weight is 320 g/mol. The molecule has 3 heterocycles. The molecule has 1 aliphatic heterocycles. The number of pyridine rings is 1. The van der Waals surface area contributed by atoms with Crippen molar-refractivity contribution in [3.8, 4) is 11.3 Å². The molecule has 0 spiro atoms. The number of rotatable bonds is 3. The highest BCUT2D eigenvalue weighted by Gasteiger charge is 2.18. The van der Waals surface area contributed by atoms with Crippen LogP contribution in [0.2, 0.25) is 0 Å². The predicted molar refractivity (Wildman–Crippen MR) is 98.9 cm³/mol. The van der Waals surface area contributed by atoms with Gasteiger partial charge in [-0.1, -0.05) is 18.6 Å². The van der Waals surface area contributed by atoms with E-state index in [4.69, 9.17) is 10.7 Å². The lowest BCUT2D eigenvalue weighted by molar-refractivity contribution is 0.218. The van der Waals surface area contributed by atoms with E-state index in [-0.39, 0.29) is 0 Å². The van der Waals surface area contributed by atoms with Crippen LogP contribution >= 0.6 is 0 Å². The summed E-state index contributed by atoms with van der Waals surface area (Å²) in [5.74, 6) is 0. The van der Waals surface area contributed by atoms with Gasteiger partial charge in [-0.25, -0.2) is 4.98 Å². The van der Waals surface area contributed by atoms with E-state index in [0.717, 1.165) is 29.1 Å². The van der Waals surface area contributed by atoms with E-state index in [0.29, 0.717) is 0 Å². The van der Waals surface area contributed by atoms with Gasteiger partial charge in [-0.2, -0.15) is 0 Å². The van der Waals surface area contributed by atoms with Gasteiger partial charge in [0.2, 0.25) is 0 Å². The summed E-state index contributed by atoms with van der Waals surface area (Å²) in [4.78, 5) is 7.48. The molecule has 0 aliphatic carbocycles. The minimum absolute atomic E-state index is 0.782. The van der Waals surface area contributed by atoms with E-state index in [1.54, 1.807) is 0 Å². The Bertz CT molecular complexity index is 859. The minimum Gasteiger partial charge on any atom is -0.399 e. The Balaban J connectivity index is 1.83. The third kappa shape index (κ3) is 2.89. The predicted octanol–water partition coefficient (Wildman–Crippen LogP) is 3.88. The summed E-state index contributed by atoms with van der Waals surface area (Å²) in [6.07, 6.45) is 6.09. The summed E-state index contributed by atoms with van der Waals surface area (Å²) in [6, 6.07) is 12.4. The molecular weight excluding hydrogens is 296 g/mol. The van der Waals surface area contributed by atoms with Crippen molar-refractivity contribution in [2.75, 3.05) is 18.8 Å². The smallest absolute Gasteiger partial charge is 0.137 e. The van der Waals surface area contributed by atoms with Crippen molar-refractivity contribution in [2.24, 2.45) is 0 Å². The molecule has 4 rings (SSSR count). The second-order valence-electron chi connectivity index (χ2n) is 6.80. The Hall–Kier alpha value is -2.33. The second kappa shape index (κ2) is 6.29. The van der Waals surface area contributed by atoms with Crippen molar-refractivity contribution in [3.63, 3.8) is 0 Å². The number of aryl methyl sites for hydroxylation is 1. The van der Waals surface area contributed by atoms with E-state index in [2.05, 4.69) is 40.6 Å². The van der Waals surface area contributed by atoms with Crippen LogP contribution < -0.4 is 5.73 Å². The molecule has 1 fully saturated rings. The third-order valence-corrected chi connectivity index (χ3v) is 4.86. The number of nitrogen functional groups attached to an aromatic ring is 1. The largest absolute Gasteiger partial charge is 0.399 e. The summed E-state index contributed by atoms with van der Waals surface area (Å²) in [5, 5.41) is 0. The fourth-order valence-electron chi connectivity index (χ4n) is 3.59. The first-order valence-electron chi connectivity index (χ1n) is 8.76. The Morgan fingerprint density at radius 1 is 1.08 bits per heavy atom. The van der Waals surface area contributed by atoms with Gasteiger partial charge in [0.1, 0.15) is 5.65 Å². The zero-order valence-electron chi connectivity index (χ0n) is 14.2. The number of fused-ring (bicyclic) bond motifs is 1. The summed E-state index contributed by atoms with van der Waals surface area (Å²) in [5.41, 5.74) is 12.4. The second-order valence-corrected chi connectivity index (χ2v) is 6.80. The molecule has 2 N–H and O–H groups in total. The number of hydrogen-bond acceptors (Lipinski definition) is 3. The number of benzene rings is 1. The molecule has 0 atom stereocenters. The summed E-state index contributed by atoms with van der Waals surface area (Å²) in [6.45, 7) is 5.40. The molecule has 0 unspecified atom stereocenters. The number of imidazole rings is 1. The van der Waals surface area contributed by atoms with Crippen LogP contribution in [0.25, 0.3) is 16.9 Å². The number of likely N-dealkylation sites (tertiary alicyclic amines) is 1. The Labute approximate surface area is 142 Å². The summed E-state index contributed by atoms with van der Waals surface area (Å²) in [7, 11) is 0. The fourth-order valence-corrected chi connectivity index (χ4v) is 3.59. The van der Waals surface area contributed by atoms with E-state index in [9.17, 15) is 0 Å². The van der Waals surface area contributed by atoms with E-state index in [1.165, 1.54) is 43.6 Å². The molecule has 0 radical (unpaired) electrons. The van der Waals surface area contributed by atoms with Gasteiger partial charge in [0.15, 0.2) is 0 Å². The van der Waals surface area contributed by atoms with Crippen molar-refractivity contribution < 1.29 is 0 Å². The van der Waals surface area contributed by atoms with Gasteiger partial charge < -0.3 is 10.1 Å². The number of anilines is 1. The first-order valence-corrected chi connectivity index (χ1v) is 8.76. The van der Waals surface area contributed by atoms with Gasteiger partial charge in [-0.15, -0.1) is 0 Å². The molecular formula is C20H24N4. The van der Waals surface area contributed by atoms with Gasteiger partial charge >= 0.3 is 0 Å². The molecule has 2 aromatic heterocycles. The van der Waals surface area contributed by atoms with Crippen LogP contribution in [0.1, 0.15) is 30.5 Å². The molecule has 3 aromatic rings. The third-order valence-electron chi connectivity index (χ3n) is 4.86. The lowest BCUT2D eigenvalue weighted by atomic mass is 10.1. The fraction of sp³-hybridized carbons (Fsp3) is 0.350. The summed E-state index contributed by atoms with van der Waals surface area (Å²) < 4.78 is 2.24. The van der Waals surface area contributed by atoms with Crippen LogP contribution in [0.3, 0.4) is 0 Å². The first kappa shape index (κ1) is 15.2. The maximum atomic E-state index is 6.00. The van der Waals surface area contributed by atoms with Crippen LogP contribution in [-0.4, -0.2) is 27.4 Å². The van der Waals surface area contributed by atoms with Crippen LogP contribution in [-0.2, 0) is 6.54 Å². The van der Waals surface area contributed by atoms with Gasteiger partial charge in [0, 0.05) is 24.0 Å². The molecule has 1 aromatic carbocycles. The van der Waals surface area contributed by atoms with E-state index in [1.807, 2.05) is 18.2 Å². The molecule has 0 saturated carbocycles. The normalized spacial score (nSPS) is 15.9. The molecule has 1 aliphatic rings. The Morgan fingerprint density at radius 3 is 2.71 bits per heavy atom. The Kier molecular flexibility index (Phi) is 3.98. The van der Waals surface area contributed by atoms with Crippen LogP contribution in [0.4, 0.5) is 5.69 Å². The maximum absolute atomic E-state index is 6.00. The van der Waals surface area contributed by atoms with Crippen molar-refractivity contribution in [3.05, 3.63) is 53.9 Å². The van der Waals surface area contributed by atoms with Crippen molar-refractivity contribution >= 4 is 11.3 Å². The topological polar surface area (TPSA) is 46.6 Å². The zero-order valence-corrected chi connectivity index (χ0v) is 14.2. The molecule has 24 heavy (non-hydrogen) atoms. The number of hydrogen-bond donors (Lipinski definition) is 1. The quantitative estimate of drug-likeness (QED) is 0.745. The highest BCUT2D eigenvalue weighted by Crippen LogP contribution is 2.28. The number of piperidine rings is 1. The molecule has 124 valence electrons. The molecule has 0 bridgehead atoms. The Morgan fingerprint density at radius 2 is 1.92 bits per heavy atom. The van der Waals surface area contributed by atoms with Crippen molar-refractivity contribution in [2.45, 2.75) is 32.7 Å². The highest BCUT2D eigenvalue weighted by atomic mass is 15.2. The molecule has 4 heteroatoms. The van der Waals surface area contributed by atoms with Crippen molar-refractivity contribution in [1.29, 1.82) is 0 Å². The van der Waals surface area contributed by atoms with E-state index >= 15 is 0 Å². The van der Waals surface area contributed by atoms with Gasteiger partial charge in [-0.3, -0.25) is 4.90 Å². The molecule has 4 nitrogen and oxygen atoms in total.